The number of nitrogens with zero attached hydrogens (tertiary/aromatic N) is 2. The summed E-state index contributed by atoms with van der Waals surface area (Å²) in [6.07, 6.45) is 4.53. The number of aryl methyl sites for hydroxylation is 1. The second kappa shape index (κ2) is 6.12. The molecule has 1 aliphatic rings. The van der Waals surface area contributed by atoms with Gasteiger partial charge in [-0.3, -0.25) is 9.88 Å². The van der Waals surface area contributed by atoms with Crippen LogP contribution in [0.15, 0.2) is 18.3 Å². The van der Waals surface area contributed by atoms with E-state index >= 15 is 0 Å². The third kappa shape index (κ3) is 3.51. The molecule has 1 fully saturated rings. The molecule has 0 amide bonds. The maximum absolute atomic E-state index is 4.48. The molecule has 1 aromatic rings. The van der Waals surface area contributed by atoms with Crippen LogP contribution in [0.25, 0.3) is 0 Å². The first-order chi connectivity index (χ1) is 8.29. The van der Waals surface area contributed by atoms with Crippen LogP contribution in [0.1, 0.15) is 31.0 Å². The van der Waals surface area contributed by atoms with Crippen molar-refractivity contribution in [3.05, 3.63) is 29.6 Å². The highest BCUT2D eigenvalue weighted by atomic mass is 15.2. The van der Waals surface area contributed by atoms with Crippen LogP contribution in [0.3, 0.4) is 0 Å². The van der Waals surface area contributed by atoms with Crippen LogP contribution in [0.5, 0.6) is 0 Å². The second-order valence-corrected chi connectivity index (χ2v) is 4.89. The number of aromatic nitrogens is 1. The molecule has 0 spiro atoms. The third-order valence-corrected chi connectivity index (χ3v) is 3.58. The average molecular weight is 233 g/mol. The summed E-state index contributed by atoms with van der Waals surface area (Å²) in [7, 11) is 0. The molecule has 1 aliphatic heterocycles. The van der Waals surface area contributed by atoms with E-state index in [-0.39, 0.29) is 0 Å². The molecule has 3 nitrogen and oxygen atoms in total. The van der Waals surface area contributed by atoms with Crippen LogP contribution in [0, 0.1) is 6.92 Å². The van der Waals surface area contributed by atoms with Crippen LogP contribution >= 0.6 is 0 Å². The highest BCUT2D eigenvalue weighted by molar-refractivity contribution is 5.17. The van der Waals surface area contributed by atoms with Crippen molar-refractivity contribution in [1.29, 1.82) is 0 Å². The Labute approximate surface area is 104 Å². The number of nitrogens with one attached hydrogen (secondary N) is 1. The van der Waals surface area contributed by atoms with E-state index in [2.05, 4.69) is 35.1 Å². The minimum absolute atomic E-state index is 0.680. The molecule has 1 saturated heterocycles. The fourth-order valence-electron chi connectivity index (χ4n) is 2.43. The van der Waals surface area contributed by atoms with Gasteiger partial charge in [-0.15, -0.1) is 0 Å². The van der Waals surface area contributed by atoms with Crippen LogP contribution < -0.4 is 5.32 Å². The fourth-order valence-corrected chi connectivity index (χ4v) is 2.43. The molecule has 0 radical (unpaired) electrons. The predicted molar refractivity (Wildman–Crippen MR) is 70.9 cm³/mol. The van der Waals surface area contributed by atoms with Crippen molar-refractivity contribution >= 4 is 0 Å². The maximum Gasteiger partial charge on any atom is 0.0573 e. The molecule has 1 unspecified atom stereocenters. The van der Waals surface area contributed by atoms with Crippen molar-refractivity contribution in [3.63, 3.8) is 0 Å². The summed E-state index contributed by atoms with van der Waals surface area (Å²) in [6.45, 7) is 8.77. The SMILES string of the molecule is CCN(Cc1ncccc1C)CC1CCCN1. The smallest absolute Gasteiger partial charge is 0.0573 e. The molecule has 2 rings (SSSR count). The summed E-state index contributed by atoms with van der Waals surface area (Å²) in [4.78, 5) is 6.96. The highest BCUT2D eigenvalue weighted by Gasteiger charge is 2.17. The molecule has 0 aromatic carbocycles. The van der Waals surface area contributed by atoms with Crippen molar-refractivity contribution in [2.24, 2.45) is 0 Å². The zero-order valence-corrected chi connectivity index (χ0v) is 10.9. The Morgan fingerprint density at radius 1 is 1.53 bits per heavy atom. The van der Waals surface area contributed by atoms with E-state index in [1.807, 2.05) is 12.3 Å². The molecule has 2 heterocycles. The Hall–Kier alpha value is -0.930. The van der Waals surface area contributed by atoms with E-state index in [0.29, 0.717) is 6.04 Å². The molecule has 0 saturated carbocycles. The van der Waals surface area contributed by atoms with Crippen molar-refractivity contribution in [3.8, 4) is 0 Å². The van der Waals surface area contributed by atoms with Gasteiger partial charge in [0.15, 0.2) is 0 Å². The predicted octanol–water partition coefficient (Wildman–Crippen LogP) is 1.96. The van der Waals surface area contributed by atoms with Crippen molar-refractivity contribution in [2.75, 3.05) is 19.6 Å². The first-order valence-corrected chi connectivity index (χ1v) is 6.66. The highest BCUT2D eigenvalue weighted by Crippen LogP contribution is 2.11. The monoisotopic (exact) mass is 233 g/mol. The van der Waals surface area contributed by atoms with Gasteiger partial charge in [-0.2, -0.15) is 0 Å². The van der Waals surface area contributed by atoms with Crippen molar-refractivity contribution in [2.45, 2.75) is 39.3 Å². The van der Waals surface area contributed by atoms with Gasteiger partial charge < -0.3 is 5.32 Å². The summed E-state index contributed by atoms with van der Waals surface area (Å²) in [6, 6.07) is 4.83. The number of pyridine rings is 1. The maximum atomic E-state index is 4.48. The van der Waals surface area contributed by atoms with Gasteiger partial charge in [0.1, 0.15) is 0 Å². The lowest BCUT2D eigenvalue weighted by Crippen LogP contribution is -2.37. The largest absolute Gasteiger partial charge is 0.313 e. The van der Waals surface area contributed by atoms with E-state index in [1.54, 1.807) is 0 Å². The fraction of sp³-hybridized carbons (Fsp3) is 0.643. The van der Waals surface area contributed by atoms with Gasteiger partial charge in [0.25, 0.3) is 0 Å². The number of hydrogen-bond acceptors (Lipinski definition) is 3. The Kier molecular flexibility index (Phi) is 4.51. The summed E-state index contributed by atoms with van der Waals surface area (Å²) in [5.41, 5.74) is 2.51. The van der Waals surface area contributed by atoms with Gasteiger partial charge in [0.2, 0.25) is 0 Å². The quantitative estimate of drug-likeness (QED) is 0.842. The van der Waals surface area contributed by atoms with Crippen LogP contribution in [-0.4, -0.2) is 35.6 Å². The topological polar surface area (TPSA) is 28.2 Å². The Bertz CT molecular complexity index is 345. The molecule has 0 bridgehead atoms. The lowest BCUT2D eigenvalue weighted by Gasteiger charge is -2.24. The van der Waals surface area contributed by atoms with Gasteiger partial charge >= 0.3 is 0 Å². The minimum atomic E-state index is 0.680. The first kappa shape index (κ1) is 12.5. The number of hydrogen-bond donors (Lipinski definition) is 1. The van der Waals surface area contributed by atoms with Gasteiger partial charge in [0, 0.05) is 25.3 Å². The van der Waals surface area contributed by atoms with E-state index in [9.17, 15) is 0 Å². The molecule has 1 N–H and O–H groups in total. The zero-order chi connectivity index (χ0) is 12.1. The van der Waals surface area contributed by atoms with E-state index in [0.717, 1.165) is 19.6 Å². The Morgan fingerprint density at radius 2 is 2.41 bits per heavy atom. The standard InChI is InChI=1S/C14H23N3/c1-3-17(10-13-7-5-8-15-13)11-14-12(2)6-4-9-16-14/h4,6,9,13,15H,3,5,7-8,10-11H2,1-2H3. The van der Waals surface area contributed by atoms with E-state index < -0.39 is 0 Å². The van der Waals surface area contributed by atoms with Gasteiger partial charge in [-0.25, -0.2) is 0 Å². The molecule has 17 heavy (non-hydrogen) atoms. The van der Waals surface area contributed by atoms with Gasteiger partial charge in [-0.1, -0.05) is 13.0 Å². The van der Waals surface area contributed by atoms with E-state index in [1.165, 1.54) is 30.6 Å². The zero-order valence-electron chi connectivity index (χ0n) is 10.9. The summed E-state index contributed by atoms with van der Waals surface area (Å²) >= 11 is 0. The summed E-state index contributed by atoms with van der Waals surface area (Å²) < 4.78 is 0. The average Bonchev–Trinajstić information content (AvgIpc) is 2.84. The lowest BCUT2D eigenvalue weighted by molar-refractivity contribution is 0.250. The molecule has 1 aromatic heterocycles. The summed E-state index contributed by atoms with van der Waals surface area (Å²) in [5.74, 6) is 0. The van der Waals surface area contributed by atoms with Crippen LogP contribution in [0.4, 0.5) is 0 Å². The van der Waals surface area contributed by atoms with Crippen LogP contribution in [0.2, 0.25) is 0 Å². The molecule has 0 aliphatic carbocycles. The van der Waals surface area contributed by atoms with Gasteiger partial charge in [0.05, 0.1) is 5.69 Å². The molecular weight excluding hydrogens is 210 g/mol. The molecule has 94 valence electrons. The van der Waals surface area contributed by atoms with Crippen molar-refractivity contribution in [1.82, 2.24) is 15.2 Å². The number of likely N-dealkylation sites (N-methyl/N-ethyl adjacent to an activating group) is 1. The molecule has 1 atom stereocenters. The minimum Gasteiger partial charge on any atom is -0.313 e. The summed E-state index contributed by atoms with van der Waals surface area (Å²) in [5, 5.41) is 3.56. The molecule has 3 heteroatoms. The Morgan fingerprint density at radius 3 is 3.06 bits per heavy atom. The Balaban J connectivity index is 1.92. The van der Waals surface area contributed by atoms with Crippen LogP contribution in [-0.2, 0) is 6.54 Å². The normalized spacial score (nSPS) is 20.1. The van der Waals surface area contributed by atoms with Gasteiger partial charge in [-0.05, 0) is 44.5 Å². The lowest BCUT2D eigenvalue weighted by atomic mass is 10.2. The third-order valence-electron chi connectivity index (χ3n) is 3.58. The van der Waals surface area contributed by atoms with E-state index in [4.69, 9.17) is 0 Å². The number of rotatable bonds is 5. The second-order valence-electron chi connectivity index (χ2n) is 4.89. The van der Waals surface area contributed by atoms with Crippen molar-refractivity contribution < 1.29 is 0 Å². The molecular formula is C14H23N3. The first-order valence-electron chi connectivity index (χ1n) is 6.66.